The minimum Gasteiger partial charge on any atom is -0.341 e. The molecule has 0 spiro atoms. The SMILES string of the molecule is CNC(=O)Nc1cccc(NS(=O)(=O)c2c(C)c(C)cc(C)c2C)c1. The van der Waals surface area contributed by atoms with Crippen molar-refractivity contribution in [2.75, 3.05) is 17.1 Å². The molecular weight excluding hydrogens is 338 g/mol. The van der Waals surface area contributed by atoms with Crippen LogP contribution >= 0.6 is 0 Å². The van der Waals surface area contributed by atoms with Gasteiger partial charge >= 0.3 is 6.03 Å². The second-order valence-corrected chi connectivity index (χ2v) is 7.60. The van der Waals surface area contributed by atoms with E-state index in [9.17, 15) is 13.2 Å². The molecule has 0 radical (unpaired) electrons. The Labute approximate surface area is 148 Å². The first-order valence-corrected chi connectivity index (χ1v) is 9.33. The lowest BCUT2D eigenvalue weighted by Crippen LogP contribution is -2.24. The fourth-order valence-electron chi connectivity index (χ4n) is 2.64. The number of carbonyl (C=O) groups excluding carboxylic acids is 1. The number of nitrogens with one attached hydrogen (secondary N) is 3. The monoisotopic (exact) mass is 361 g/mol. The largest absolute Gasteiger partial charge is 0.341 e. The summed E-state index contributed by atoms with van der Waals surface area (Å²) in [5.74, 6) is 0. The van der Waals surface area contributed by atoms with Gasteiger partial charge in [-0.05, 0) is 68.1 Å². The second kappa shape index (κ2) is 7.14. The van der Waals surface area contributed by atoms with Gasteiger partial charge in [-0.3, -0.25) is 4.72 Å². The summed E-state index contributed by atoms with van der Waals surface area (Å²) in [6, 6.07) is 8.17. The molecule has 3 N–H and O–H groups in total. The van der Waals surface area contributed by atoms with E-state index in [0.29, 0.717) is 16.3 Å². The summed E-state index contributed by atoms with van der Waals surface area (Å²) in [5.41, 5.74) is 4.20. The fraction of sp³-hybridized carbons (Fsp3) is 0.278. The Kier molecular flexibility index (Phi) is 5.37. The van der Waals surface area contributed by atoms with Crippen LogP contribution in [0.5, 0.6) is 0 Å². The maximum Gasteiger partial charge on any atom is 0.318 e. The zero-order valence-corrected chi connectivity index (χ0v) is 15.8. The number of sulfonamides is 1. The lowest BCUT2D eigenvalue weighted by molar-refractivity contribution is 0.254. The molecule has 0 unspecified atom stereocenters. The number of urea groups is 1. The predicted octanol–water partition coefficient (Wildman–Crippen LogP) is 3.47. The van der Waals surface area contributed by atoms with Crippen molar-refractivity contribution in [1.82, 2.24) is 5.32 Å². The molecule has 0 bridgehead atoms. The van der Waals surface area contributed by atoms with Crippen LogP contribution in [-0.4, -0.2) is 21.5 Å². The maximum atomic E-state index is 12.9. The number of rotatable bonds is 4. The van der Waals surface area contributed by atoms with E-state index < -0.39 is 10.0 Å². The molecule has 0 atom stereocenters. The molecule has 0 aliphatic heterocycles. The summed E-state index contributed by atoms with van der Waals surface area (Å²) < 4.78 is 28.5. The molecule has 0 aliphatic rings. The number of hydrogen-bond donors (Lipinski definition) is 3. The van der Waals surface area contributed by atoms with Crippen LogP contribution in [0.3, 0.4) is 0 Å². The number of carbonyl (C=O) groups is 1. The first kappa shape index (κ1) is 18.8. The van der Waals surface area contributed by atoms with Gasteiger partial charge in [-0.25, -0.2) is 13.2 Å². The van der Waals surface area contributed by atoms with Crippen molar-refractivity contribution in [1.29, 1.82) is 0 Å². The normalized spacial score (nSPS) is 11.1. The van der Waals surface area contributed by atoms with Gasteiger partial charge in [0, 0.05) is 12.7 Å². The van der Waals surface area contributed by atoms with Crippen LogP contribution in [0, 0.1) is 27.7 Å². The number of hydrogen-bond acceptors (Lipinski definition) is 3. The smallest absolute Gasteiger partial charge is 0.318 e. The maximum absolute atomic E-state index is 12.9. The highest BCUT2D eigenvalue weighted by Crippen LogP contribution is 2.28. The molecule has 0 saturated heterocycles. The second-order valence-electron chi connectivity index (χ2n) is 5.98. The van der Waals surface area contributed by atoms with Crippen LogP contribution in [0.15, 0.2) is 35.2 Å². The Hall–Kier alpha value is -2.54. The van der Waals surface area contributed by atoms with Crippen molar-refractivity contribution in [3.05, 3.63) is 52.6 Å². The van der Waals surface area contributed by atoms with Gasteiger partial charge in [0.05, 0.1) is 10.6 Å². The summed E-state index contributed by atoms with van der Waals surface area (Å²) in [6.07, 6.45) is 0. The molecular formula is C18H23N3O3S. The third-order valence-corrected chi connectivity index (χ3v) is 5.82. The Morgan fingerprint density at radius 2 is 1.48 bits per heavy atom. The lowest BCUT2D eigenvalue weighted by Gasteiger charge is -2.17. The van der Waals surface area contributed by atoms with Crippen LogP contribution in [0.1, 0.15) is 22.3 Å². The predicted molar refractivity (Wildman–Crippen MR) is 101 cm³/mol. The molecule has 0 aliphatic carbocycles. The third kappa shape index (κ3) is 4.11. The molecule has 0 aromatic heterocycles. The third-order valence-electron chi connectivity index (χ3n) is 4.17. The number of aryl methyl sites for hydroxylation is 2. The van der Waals surface area contributed by atoms with Crippen LogP contribution in [0.4, 0.5) is 16.2 Å². The van der Waals surface area contributed by atoms with Gasteiger partial charge in [0.1, 0.15) is 0 Å². The van der Waals surface area contributed by atoms with Gasteiger partial charge in [0.25, 0.3) is 10.0 Å². The van der Waals surface area contributed by atoms with Crippen LogP contribution < -0.4 is 15.4 Å². The first-order valence-electron chi connectivity index (χ1n) is 7.84. The molecule has 0 heterocycles. The van der Waals surface area contributed by atoms with Crippen molar-refractivity contribution in [3.8, 4) is 0 Å². The average Bonchev–Trinajstić information content (AvgIpc) is 2.52. The van der Waals surface area contributed by atoms with E-state index in [1.165, 1.54) is 7.05 Å². The van der Waals surface area contributed by atoms with Gasteiger partial charge in [-0.15, -0.1) is 0 Å². The molecule has 2 aromatic carbocycles. The van der Waals surface area contributed by atoms with Crippen LogP contribution in [0.2, 0.25) is 0 Å². The van der Waals surface area contributed by atoms with Crippen LogP contribution in [0.25, 0.3) is 0 Å². The van der Waals surface area contributed by atoms with Crippen LogP contribution in [-0.2, 0) is 10.0 Å². The quantitative estimate of drug-likeness (QED) is 0.779. The highest BCUT2D eigenvalue weighted by Gasteiger charge is 2.22. The molecule has 134 valence electrons. The van der Waals surface area contributed by atoms with E-state index in [1.54, 1.807) is 38.1 Å². The molecule has 6 nitrogen and oxygen atoms in total. The average molecular weight is 361 g/mol. The van der Waals surface area contributed by atoms with E-state index in [1.807, 2.05) is 19.9 Å². The van der Waals surface area contributed by atoms with Crippen molar-refractivity contribution >= 4 is 27.4 Å². The Morgan fingerprint density at radius 3 is 2.04 bits per heavy atom. The topological polar surface area (TPSA) is 87.3 Å². The summed E-state index contributed by atoms with van der Waals surface area (Å²) in [7, 11) is -2.24. The summed E-state index contributed by atoms with van der Waals surface area (Å²) in [6.45, 7) is 7.41. The first-order chi connectivity index (χ1) is 11.7. The molecule has 0 fully saturated rings. The van der Waals surface area contributed by atoms with E-state index in [0.717, 1.165) is 22.3 Å². The van der Waals surface area contributed by atoms with Crippen molar-refractivity contribution in [2.45, 2.75) is 32.6 Å². The van der Waals surface area contributed by atoms with Crippen molar-refractivity contribution < 1.29 is 13.2 Å². The van der Waals surface area contributed by atoms with Gasteiger partial charge in [0.2, 0.25) is 0 Å². The Morgan fingerprint density at radius 1 is 0.920 bits per heavy atom. The Balaban J connectivity index is 2.41. The highest BCUT2D eigenvalue weighted by molar-refractivity contribution is 7.92. The van der Waals surface area contributed by atoms with Crippen molar-refractivity contribution in [2.24, 2.45) is 0 Å². The minimum absolute atomic E-state index is 0.301. The summed E-state index contributed by atoms with van der Waals surface area (Å²) >= 11 is 0. The van der Waals surface area contributed by atoms with E-state index in [4.69, 9.17) is 0 Å². The van der Waals surface area contributed by atoms with Gasteiger partial charge < -0.3 is 10.6 Å². The van der Waals surface area contributed by atoms with Crippen molar-refractivity contribution in [3.63, 3.8) is 0 Å². The van der Waals surface area contributed by atoms with E-state index in [-0.39, 0.29) is 6.03 Å². The number of amides is 2. The number of benzene rings is 2. The number of anilines is 2. The molecule has 0 saturated carbocycles. The molecule has 2 amide bonds. The fourth-order valence-corrected chi connectivity index (χ4v) is 4.31. The zero-order chi connectivity index (χ0) is 18.8. The molecule has 7 heteroatoms. The van der Waals surface area contributed by atoms with E-state index in [2.05, 4.69) is 15.4 Å². The van der Waals surface area contributed by atoms with E-state index >= 15 is 0 Å². The standard InChI is InChI=1S/C18H23N3O3S/c1-11-9-12(2)14(4)17(13(11)3)25(23,24)21-16-8-6-7-15(10-16)20-18(22)19-5/h6-10,21H,1-5H3,(H2,19,20,22). The highest BCUT2D eigenvalue weighted by atomic mass is 32.2. The summed E-state index contributed by atoms with van der Waals surface area (Å²) in [5, 5.41) is 5.06. The van der Waals surface area contributed by atoms with Gasteiger partial charge in [0.15, 0.2) is 0 Å². The van der Waals surface area contributed by atoms with Gasteiger partial charge in [-0.2, -0.15) is 0 Å². The Bertz CT molecular complexity index is 895. The zero-order valence-electron chi connectivity index (χ0n) is 15.0. The molecule has 2 aromatic rings. The minimum atomic E-state index is -3.75. The molecule has 2 rings (SSSR count). The molecule has 25 heavy (non-hydrogen) atoms. The van der Waals surface area contributed by atoms with Gasteiger partial charge in [-0.1, -0.05) is 12.1 Å². The summed E-state index contributed by atoms with van der Waals surface area (Å²) in [4.78, 5) is 11.7. The lowest BCUT2D eigenvalue weighted by atomic mass is 10.0.